The molecule has 0 saturated heterocycles. The van der Waals surface area contributed by atoms with Gasteiger partial charge in [-0.05, 0) is 0 Å². The Labute approximate surface area is 87.3 Å². The molecule has 1 N–H and O–H groups in total. The first-order valence-corrected chi connectivity index (χ1v) is 4.48. The highest BCUT2D eigenvalue weighted by Crippen LogP contribution is 2.02. The summed E-state index contributed by atoms with van der Waals surface area (Å²) in [5.74, 6) is -1.33. The van der Waals surface area contributed by atoms with Gasteiger partial charge in [-0.1, -0.05) is 30.3 Å². The molecule has 0 aliphatic carbocycles. The minimum atomic E-state index is -0.573. The van der Waals surface area contributed by atoms with Crippen molar-refractivity contribution in [3.8, 4) is 0 Å². The van der Waals surface area contributed by atoms with Crippen molar-refractivity contribution < 1.29 is 14.4 Å². The fourth-order valence-corrected chi connectivity index (χ4v) is 1.11. The van der Waals surface area contributed by atoms with E-state index in [0.29, 0.717) is 5.56 Å². The third-order valence-corrected chi connectivity index (χ3v) is 1.73. The van der Waals surface area contributed by atoms with Crippen LogP contribution >= 0.6 is 0 Å². The molecule has 0 unspecified atom stereocenters. The lowest BCUT2D eigenvalue weighted by atomic mass is 10.1. The van der Waals surface area contributed by atoms with Gasteiger partial charge in [0.25, 0.3) is 0 Å². The van der Waals surface area contributed by atoms with E-state index in [1.807, 2.05) is 5.32 Å². The summed E-state index contributed by atoms with van der Waals surface area (Å²) in [6, 6.07) is 8.48. The summed E-state index contributed by atoms with van der Waals surface area (Å²) in [4.78, 5) is 33.1. The first kappa shape index (κ1) is 11.1. The van der Waals surface area contributed by atoms with Crippen LogP contribution in [0.1, 0.15) is 23.7 Å². The van der Waals surface area contributed by atoms with E-state index in [1.54, 1.807) is 30.3 Å². The number of imide groups is 1. The van der Waals surface area contributed by atoms with E-state index in [1.165, 1.54) is 6.92 Å². The molecule has 78 valence electrons. The molecule has 4 heteroatoms. The summed E-state index contributed by atoms with van der Waals surface area (Å²) in [6.45, 7) is 1.23. The van der Waals surface area contributed by atoms with Gasteiger partial charge in [-0.25, -0.2) is 0 Å². The highest BCUT2D eigenvalue weighted by molar-refractivity contribution is 6.10. The number of carbonyl (C=O) groups excluding carboxylic acids is 3. The van der Waals surface area contributed by atoms with Gasteiger partial charge in [0.1, 0.15) is 0 Å². The molecule has 1 aromatic carbocycles. The molecule has 1 rings (SSSR count). The highest BCUT2D eigenvalue weighted by atomic mass is 16.2. The zero-order valence-electron chi connectivity index (χ0n) is 8.32. The van der Waals surface area contributed by atoms with Gasteiger partial charge in [-0.2, -0.15) is 0 Å². The van der Waals surface area contributed by atoms with Crippen LogP contribution in [-0.2, 0) is 9.59 Å². The van der Waals surface area contributed by atoms with E-state index in [9.17, 15) is 14.4 Å². The predicted octanol–water partition coefficient (Wildman–Crippen LogP) is 0.922. The average Bonchev–Trinajstić information content (AvgIpc) is 2.17. The molecule has 0 spiro atoms. The molecule has 15 heavy (non-hydrogen) atoms. The second-order valence-corrected chi connectivity index (χ2v) is 3.07. The van der Waals surface area contributed by atoms with Crippen molar-refractivity contribution >= 4 is 17.6 Å². The third kappa shape index (κ3) is 3.72. The summed E-state index contributed by atoms with van der Waals surface area (Å²) < 4.78 is 0. The van der Waals surface area contributed by atoms with Crippen LogP contribution in [0, 0.1) is 0 Å². The molecule has 0 heterocycles. The summed E-state index contributed by atoms with van der Waals surface area (Å²) in [7, 11) is 0. The SMILES string of the molecule is CC(=O)NC(=O)CC(=O)c1ccccc1. The van der Waals surface area contributed by atoms with E-state index < -0.39 is 11.8 Å². The van der Waals surface area contributed by atoms with Crippen molar-refractivity contribution in [3.05, 3.63) is 35.9 Å². The van der Waals surface area contributed by atoms with Gasteiger partial charge in [-0.3, -0.25) is 19.7 Å². The van der Waals surface area contributed by atoms with Gasteiger partial charge in [0, 0.05) is 12.5 Å². The Morgan fingerprint density at radius 1 is 1.13 bits per heavy atom. The number of ketones is 1. The van der Waals surface area contributed by atoms with Crippen molar-refractivity contribution in [3.63, 3.8) is 0 Å². The Bertz CT molecular complexity index is 384. The van der Waals surface area contributed by atoms with Crippen LogP contribution in [0.25, 0.3) is 0 Å². The lowest BCUT2D eigenvalue weighted by molar-refractivity contribution is -0.128. The van der Waals surface area contributed by atoms with E-state index in [4.69, 9.17) is 0 Å². The van der Waals surface area contributed by atoms with E-state index >= 15 is 0 Å². The Kier molecular flexibility index (Phi) is 3.74. The van der Waals surface area contributed by atoms with Crippen LogP contribution in [0.2, 0.25) is 0 Å². The van der Waals surface area contributed by atoms with Gasteiger partial charge in [0.15, 0.2) is 5.78 Å². The number of hydrogen-bond donors (Lipinski definition) is 1. The molecule has 0 aromatic heterocycles. The minimum absolute atomic E-state index is 0.297. The topological polar surface area (TPSA) is 63.2 Å². The van der Waals surface area contributed by atoms with Crippen LogP contribution in [0.3, 0.4) is 0 Å². The smallest absolute Gasteiger partial charge is 0.234 e. The summed E-state index contributed by atoms with van der Waals surface area (Å²) in [6.07, 6.45) is -0.302. The van der Waals surface area contributed by atoms with Crippen molar-refractivity contribution in [2.24, 2.45) is 0 Å². The van der Waals surface area contributed by atoms with Gasteiger partial charge < -0.3 is 0 Å². The van der Waals surface area contributed by atoms with E-state index in [2.05, 4.69) is 0 Å². The van der Waals surface area contributed by atoms with Gasteiger partial charge in [-0.15, -0.1) is 0 Å². The maximum atomic E-state index is 11.5. The highest BCUT2D eigenvalue weighted by Gasteiger charge is 2.11. The third-order valence-electron chi connectivity index (χ3n) is 1.73. The molecule has 0 radical (unpaired) electrons. The number of Topliss-reactive ketones (excluding diaryl/α,β-unsaturated/α-hetero) is 1. The standard InChI is InChI=1S/C11H11NO3/c1-8(13)12-11(15)7-10(14)9-5-3-2-4-6-9/h2-6H,7H2,1H3,(H,12,13,15). The molecule has 0 bridgehead atoms. The zero-order valence-corrected chi connectivity index (χ0v) is 8.32. The Morgan fingerprint density at radius 2 is 1.73 bits per heavy atom. The molecule has 0 atom stereocenters. The minimum Gasteiger partial charge on any atom is -0.296 e. The Balaban J connectivity index is 2.57. The molecule has 2 amide bonds. The fourth-order valence-electron chi connectivity index (χ4n) is 1.11. The number of nitrogens with one attached hydrogen (secondary N) is 1. The lowest BCUT2D eigenvalue weighted by Crippen LogP contribution is -2.29. The number of benzene rings is 1. The van der Waals surface area contributed by atoms with Gasteiger partial charge in [0.05, 0.1) is 6.42 Å². The molecule has 0 aliphatic rings. The lowest BCUT2D eigenvalue weighted by Gasteiger charge is -2.00. The van der Waals surface area contributed by atoms with E-state index in [-0.39, 0.29) is 12.2 Å². The number of hydrogen-bond acceptors (Lipinski definition) is 3. The van der Waals surface area contributed by atoms with Crippen molar-refractivity contribution in [1.29, 1.82) is 0 Å². The molecule has 1 aromatic rings. The quantitative estimate of drug-likeness (QED) is 0.589. The van der Waals surface area contributed by atoms with Crippen LogP contribution in [0.4, 0.5) is 0 Å². The van der Waals surface area contributed by atoms with Crippen molar-refractivity contribution in [2.45, 2.75) is 13.3 Å². The second kappa shape index (κ2) is 5.05. The maximum absolute atomic E-state index is 11.5. The first-order valence-electron chi connectivity index (χ1n) is 4.48. The largest absolute Gasteiger partial charge is 0.296 e. The zero-order chi connectivity index (χ0) is 11.3. The summed E-state index contributed by atoms with van der Waals surface area (Å²) in [5.41, 5.74) is 0.469. The number of rotatable bonds is 3. The summed E-state index contributed by atoms with van der Waals surface area (Å²) in [5, 5.41) is 2.04. The molecular weight excluding hydrogens is 194 g/mol. The maximum Gasteiger partial charge on any atom is 0.234 e. The van der Waals surface area contributed by atoms with Crippen LogP contribution in [0.15, 0.2) is 30.3 Å². The fraction of sp³-hybridized carbons (Fsp3) is 0.182. The molecule has 0 aliphatic heterocycles. The molecular formula is C11H11NO3. The van der Waals surface area contributed by atoms with E-state index in [0.717, 1.165) is 0 Å². The second-order valence-electron chi connectivity index (χ2n) is 3.07. The van der Waals surface area contributed by atoms with Crippen molar-refractivity contribution in [1.82, 2.24) is 5.32 Å². The summed E-state index contributed by atoms with van der Waals surface area (Å²) >= 11 is 0. The van der Waals surface area contributed by atoms with Gasteiger partial charge in [0.2, 0.25) is 11.8 Å². The molecule has 0 saturated carbocycles. The van der Waals surface area contributed by atoms with Crippen LogP contribution in [0.5, 0.6) is 0 Å². The number of carbonyl (C=O) groups is 3. The monoisotopic (exact) mass is 205 g/mol. The van der Waals surface area contributed by atoms with Crippen LogP contribution in [-0.4, -0.2) is 17.6 Å². The number of amides is 2. The average molecular weight is 205 g/mol. The normalized spacial score (nSPS) is 9.40. The molecule has 0 fully saturated rings. The predicted molar refractivity (Wildman–Crippen MR) is 54.2 cm³/mol. The first-order chi connectivity index (χ1) is 7.09. The Hall–Kier alpha value is -1.97. The van der Waals surface area contributed by atoms with Gasteiger partial charge >= 0.3 is 0 Å². The molecule has 4 nitrogen and oxygen atoms in total. The van der Waals surface area contributed by atoms with Crippen molar-refractivity contribution in [2.75, 3.05) is 0 Å². The van der Waals surface area contributed by atoms with Crippen LogP contribution < -0.4 is 5.32 Å². The Morgan fingerprint density at radius 3 is 2.27 bits per heavy atom.